The van der Waals surface area contributed by atoms with Crippen molar-refractivity contribution in [1.82, 2.24) is 24.5 Å². The minimum Gasteiger partial charge on any atom is -0.324 e. The van der Waals surface area contributed by atoms with Gasteiger partial charge in [-0.3, -0.25) is 4.79 Å². The van der Waals surface area contributed by atoms with E-state index in [0.717, 1.165) is 24.8 Å². The van der Waals surface area contributed by atoms with Gasteiger partial charge in [0.15, 0.2) is 0 Å². The molecule has 1 amide bonds. The van der Waals surface area contributed by atoms with Crippen molar-refractivity contribution in [3.8, 4) is 0 Å². The van der Waals surface area contributed by atoms with Gasteiger partial charge in [0, 0.05) is 25.2 Å². The van der Waals surface area contributed by atoms with Gasteiger partial charge < -0.3 is 5.32 Å². The molecule has 0 radical (unpaired) electrons. The van der Waals surface area contributed by atoms with E-state index in [1.54, 1.807) is 18.2 Å². The lowest BCUT2D eigenvalue weighted by atomic mass is 10.1. The van der Waals surface area contributed by atoms with Crippen LogP contribution in [0.25, 0.3) is 0 Å². The van der Waals surface area contributed by atoms with Crippen molar-refractivity contribution in [3.05, 3.63) is 66.5 Å². The molecule has 1 saturated heterocycles. The molecule has 162 valence electrons. The Morgan fingerprint density at radius 1 is 1.03 bits per heavy atom. The number of hydrogen-bond donors (Lipinski definition) is 1. The van der Waals surface area contributed by atoms with Gasteiger partial charge in [-0.2, -0.15) is 4.31 Å². The third kappa shape index (κ3) is 4.97. The molecule has 0 aliphatic carbocycles. The Balaban J connectivity index is 1.54. The fourth-order valence-electron chi connectivity index (χ4n) is 3.67. The van der Waals surface area contributed by atoms with E-state index >= 15 is 0 Å². The molecule has 1 aromatic heterocycles. The molecule has 2 aromatic carbocycles. The Morgan fingerprint density at radius 2 is 1.81 bits per heavy atom. The normalized spacial score (nSPS) is 16.0. The van der Waals surface area contributed by atoms with Gasteiger partial charge in [-0.05, 0) is 47.0 Å². The predicted octanol–water partition coefficient (Wildman–Crippen LogP) is 2.27. The van der Waals surface area contributed by atoms with E-state index in [2.05, 4.69) is 20.8 Å². The quantitative estimate of drug-likeness (QED) is 0.603. The zero-order chi connectivity index (χ0) is 21.7. The maximum absolute atomic E-state index is 13.1. The van der Waals surface area contributed by atoms with Crippen LogP contribution in [0, 0.1) is 0 Å². The summed E-state index contributed by atoms with van der Waals surface area (Å²) in [7, 11) is -3.59. The Labute approximate surface area is 181 Å². The Bertz CT molecular complexity index is 1110. The molecule has 1 atom stereocenters. The van der Waals surface area contributed by atoms with E-state index in [9.17, 15) is 13.2 Å². The summed E-state index contributed by atoms with van der Waals surface area (Å²) >= 11 is 0. The van der Waals surface area contributed by atoms with Crippen LogP contribution < -0.4 is 5.32 Å². The maximum atomic E-state index is 13.1. The molecule has 1 aliphatic heterocycles. The zero-order valence-electron chi connectivity index (χ0n) is 17.0. The molecule has 1 unspecified atom stereocenters. The fraction of sp³-hybridized carbons (Fsp3) is 0.333. The fourth-order valence-corrected chi connectivity index (χ4v) is 5.23. The predicted molar refractivity (Wildman–Crippen MR) is 115 cm³/mol. The second-order valence-corrected chi connectivity index (χ2v) is 9.42. The number of carbonyl (C=O) groups excluding carboxylic acids is 1. The van der Waals surface area contributed by atoms with Gasteiger partial charge in [0.05, 0.1) is 4.90 Å². The molecular weight excluding hydrogens is 416 g/mol. The highest BCUT2D eigenvalue weighted by Crippen LogP contribution is 2.24. The van der Waals surface area contributed by atoms with Crippen molar-refractivity contribution in [2.75, 3.05) is 18.4 Å². The number of hydrogen-bond acceptors (Lipinski definition) is 6. The second-order valence-electron chi connectivity index (χ2n) is 7.48. The molecule has 0 bridgehead atoms. The van der Waals surface area contributed by atoms with Crippen LogP contribution in [0.15, 0.2) is 65.8 Å². The molecular formula is C21H24N6O3S. The van der Waals surface area contributed by atoms with Crippen LogP contribution in [0.1, 0.15) is 30.9 Å². The number of carbonyl (C=O) groups is 1. The number of piperidine rings is 1. The summed E-state index contributed by atoms with van der Waals surface area (Å²) < 4.78 is 28.8. The van der Waals surface area contributed by atoms with Gasteiger partial charge >= 0.3 is 0 Å². The summed E-state index contributed by atoms with van der Waals surface area (Å²) in [6.45, 7) is 1.05. The summed E-state index contributed by atoms with van der Waals surface area (Å²) in [5.41, 5.74) is 1.37. The summed E-state index contributed by atoms with van der Waals surface area (Å²) in [6, 6.07) is 15.2. The van der Waals surface area contributed by atoms with Crippen LogP contribution in [-0.4, -0.2) is 51.9 Å². The van der Waals surface area contributed by atoms with Gasteiger partial charge in [-0.25, -0.2) is 13.1 Å². The van der Waals surface area contributed by atoms with E-state index in [-0.39, 0.29) is 10.8 Å². The van der Waals surface area contributed by atoms with Gasteiger partial charge in [0.1, 0.15) is 12.4 Å². The minimum atomic E-state index is -3.59. The molecule has 1 N–H and O–H groups in total. The molecule has 0 spiro atoms. The third-order valence-electron chi connectivity index (χ3n) is 5.31. The largest absolute Gasteiger partial charge is 0.324 e. The van der Waals surface area contributed by atoms with Crippen LogP contribution in [0.4, 0.5) is 5.69 Å². The molecule has 1 aliphatic rings. The van der Waals surface area contributed by atoms with Crippen LogP contribution in [-0.2, 0) is 21.2 Å². The van der Waals surface area contributed by atoms with Crippen molar-refractivity contribution in [1.29, 1.82) is 0 Å². The molecule has 0 saturated carbocycles. The molecule has 2 heterocycles. The summed E-state index contributed by atoms with van der Waals surface area (Å²) in [5.74, 6) is -0.330. The van der Waals surface area contributed by atoms with Gasteiger partial charge in [0.25, 0.3) is 0 Å². The molecule has 4 rings (SSSR count). The van der Waals surface area contributed by atoms with Crippen molar-refractivity contribution in [2.24, 2.45) is 0 Å². The number of sulfonamides is 1. The number of tetrazole rings is 1. The first-order valence-corrected chi connectivity index (χ1v) is 11.7. The lowest BCUT2D eigenvalue weighted by Crippen LogP contribution is -2.35. The monoisotopic (exact) mass is 440 g/mol. The number of anilines is 1. The highest BCUT2D eigenvalue weighted by Gasteiger charge is 2.27. The van der Waals surface area contributed by atoms with Crippen molar-refractivity contribution >= 4 is 21.6 Å². The standard InChI is InChI=1S/C21H24N6O3S/c28-21(20(27-16-22-24-25-27)14-17-8-3-1-4-9-17)23-18-10-7-11-19(15-18)31(29,30)26-12-5-2-6-13-26/h1,3-4,7-11,15-16,20H,2,5-6,12-14H2,(H,23,28). The first-order chi connectivity index (χ1) is 15.0. The van der Waals surface area contributed by atoms with Crippen LogP contribution in [0.2, 0.25) is 0 Å². The summed E-state index contributed by atoms with van der Waals surface area (Å²) in [4.78, 5) is 13.3. The molecule has 31 heavy (non-hydrogen) atoms. The lowest BCUT2D eigenvalue weighted by Gasteiger charge is -2.26. The zero-order valence-corrected chi connectivity index (χ0v) is 17.8. The third-order valence-corrected chi connectivity index (χ3v) is 7.21. The van der Waals surface area contributed by atoms with Crippen molar-refractivity contribution < 1.29 is 13.2 Å². The van der Waals surface area contributed by atoms with Crippen LogP contribution >= 0.6 is 0 Å². The Hall–Kier alpha value is -3.11. The van der Waals surface area contributed by atoms with E-state index < -0.39 is 16.1 Å². The maximum Gasteiger partial charge on any atom is 0.249 e. The number of aromatic nitrogens is 4. The minimum absolute atomic E-state index is 0.175. The van der Waals surface area contributed by atoms with Crippen LogP contribution in [0.5, 0.6) is 0 Å². The Kier molecular flexibility index (Phi) is 6.38. The summed E-state index contributed by atoms with van der Waals surface area (Å²) in [5, 5.41) is 14.0. The molecule has 9 nitrogen and oxygen atoms in total. The number of rotatable bonds is 7. The number of benzene rings is 2. The average molecular weight is 441 g/mol. The average Bonchev–Trinajstić information content (AvgIpc) is 3.33. The SMILES string of the molecule is O=C(Nc1cccc(S(=O)(=O)N2CCCCC2)c1)C(Cc1ccccc1)n1cnnn1. The smallest absolute Gasteiger partial charge is 0.249 e. The first-order valence-electron chi connectivity index (χ1n) is 10.2. The van der Waals surface area contributed by atoms with Gasteiger partial charge in [0.2, 0.25) is 15.9 Å². The van der Waals surface area contributed by atoms with Gasteiger partial charge in [-0.15, -0.1) is 5.10 Å². The van der Waals surface area contributed by atoms with E-state index in [1.165, 1.54) is 21.4 Å². The van der Waals surface area contributed by atoms with E-state index in [0.29, 0.717) is 25.2 Å². The number of nitrogens with zero attached hydrogens (tertiary/aromatic N) is 5. The lowest BCUT2D eigenvalue weighted by molar-refractivity contribution is -0.119. The number of nitrogens with one attached hydrogen (secondary N) is 1. The van der Waals surface area contributed by atoms with E-state index in [4.69, 9.17) is 0 Å². The molecule has 3 aromatic rings. The molecule has 10 heteroatoms. The van der Waals surface area contributed by atoms with E-state index in [1.807, 2.05) is 30.3 Å². The van der Waals surface area contributed by atoms with Gasteiger partial charge in [-0.1, -0.05) is 42.8 Å². The topological polar surface area (TPSA) is 110 Å². The summed E-state index contributed by atoms with van der Waals surface area (Å²) in [6.07, 6.45) is 4.56. The highest BCUT2D eigenvalue weighted by molar-refractivity contribution is 7.89. The van der Waals surface area contributed by atoms with Crippen LogP contribution in [0.3, 0.4) is 0 Å². The molecule has 1 fully saturated rings. The van der Waals surface area contributed by atoms with Crippen molar-refractivity contribution in [3.63, 3.8) is 0 Å². The van der Waals surface area contributed by atoms with Crippen molar-refractivity contribution in [2.45, 2.75) is 36.6 Å². The Morgan fingerprint density at radius 3 is 2.52 bits per heavy atom. The highest BCUT2D eigenvalue weighted by atomic mass is 32.2. The second kappa shape index (κ2) is 9.36. The number of amides is 1. The first kappa shape index (κ1) is 21.1.